The van der Waals surface area contributed by atoms with Crippen molar-refractivity contribution in [3.05, 3.63) is 74.9 Å². The molecule has 0 spiro atoms. The lowest BCUT2D eigenvalue weighted by Gasteiger charge is -2.13. The van der Waals surface area contributed by atoms with Crippen LogP contribution in [0, 0.1) is 18.3 Å². The van der Waals surface area contributed by atoms with E-state index in [9.17, 15) is 5.26 Å². The van der Waals surface area contributed by atoms with E-state index in [1.54, 1.807) is 24.3 Å². The molecule has 0 bridgehead atoms. The van der Waals surface area contributed by atoms with Gasteiger partial charge < -0.3 is 0 Å². The number of hydrogen-bond donors (Lipinski definition) is 0. The van der Waals surface area contributed by atoms with Crippen LogP contribution in [0.25, 0.3) is 22.4 Å². The molecule has 0 saturated heterocycles. The molecule has 1 heterocycles. The molecule has 118 valence electrons. The van der Waals surface area contributed by atoms with Crippen LogP contribution >= 0.6 is 34.8 Å². The van der Waals surface area contributed by atoms with Crippen molar-refractivity contribution in [1.29, 1.82) is 5.26 Å². The molecule has 0 aliphatic carbocycles. The number of nitrogens with zero attached hydrogens (tertiary/aromatic N) is 2. The van der Waals surface area contributed by atoms with E-state index in [-0.39, 0.29) is 5.15 Å². The Kier molecular flexibility index (Phi) is 4.78. The smallest absolute Gasteiger partial charge is 0.147 e. The zero-order valence-electron chi connectivity index (χ0n) is 12.6. The summed E-state index contributed by atoms with van der Waals surface area (Å²) in [5, 5.41) is 10.4. The normalized spacial score (nSPS) is 10.5. The number of benzene rings is 2. The quantitative estimate of drug-likeness (QED) is 0.477. The fourth-order valence-electron chi connectivity index (χ4n) is 2.41. The SMILES string of the molecule is Cc1ccc(-c2cc(C#N)c(Cl)nc2-c2ccc(Cl)cc2Cl)cc1. The molecule has 5 heteroatoms. The Balaban J connectivity index is 2.30. The van der Waals surface area contributed by atoms with Crippen molar-refractivity contribution in [2.75, 3.05) is 0 Å². The van der Waals surface area contributed by atoms with Gasteiger partial charge in [-0.05, 0) is 36.8 Å². The van der Waals surface area contributed by atoms with E-state index < -0.39 is 0 Å². The van der Waals surface area contributed by atoms with E-state index in [0.717, 1.165) is 16.7 Å². The highest BCUT2D eigenvalue weighted by molar-refractivity contribution is 6.36. The average Bonchev–Trinajstić information content (AvgIpc) is 2.56. The van der Waals surface area contributed by atoms with E-state index in [0.29, 0.717) is 26.9 Å². The number of aryl methyl sites for hydroxylation is 1. The van der Waals surface area contributed by atoms with Crippen molar-refractivity contribution in [1.82, 2.24) is 4.98 Å². The molecule has 0 atom stereocenters. The standard InChI is InChI=1S/C19H11Cl3N2/c1-11-2-4-12(5-3-11)16-8-13(10-23)19(22)24-18(16)15-7-6-14(20)9-17(15)21/h2-9H,1H3. The maximum Gasteiger partial charge on any atom is 0.147 e. The average molecular weight is 374 g/mol. The van der Waals surface area contributed by atoms with Gasteiger partial charge in [0.25, 0.3) is 0 Å². The summed E-state index contributed by atoms with van der Waals surface area (Å²) < 4.78 is 0. The minimum atomic E-state index is 0.148. The molecular weight excluding hydrogens is 363 g/mol. The first-order valence-corrected chi connectivity index (χ1v) is 8.26. The summed E-state index contributed by atoms with van der Waals surface area (Å²) in [6.07, 6.45) is 0. The number of hydrogen-bond acceptors (Lipinski definition) is 2. The summed E-state index contributed by atoms with van der Waals surface area (Å²) in [7, 11) is 0. The van der Waals surface area contributed by atoms with Gasteiger partial charge in [0.15, 0.2) is 0 Å². The Hall–Kier alpha value is -2.05. The first-order valence-electron chi connectivity index (χ1n) is 7.12. The molecule has 0 unspecified atom stereocenters. The van der Waals surface area contributed by atoms with E-state index in [1.807, 2.05) is 31.2 Å². The third kappa shape index (κ3) is 3.25. The van der Waals surface area contributed by atoms with Gasteiger partial charge in [0.2, 0.25) is 0 Å². The van der Waals surface area contributed by atoms with Crippen molar-refractivity contribution in [3.8, 4) is 28.5 Å². The second-order valence-electron chi connectivity index (χ2n) is 5.32. The summed E-state index contributed by atoms with van der Waals surface area (Å²) in [4.78, 5) is 4.42. The highest BCUT2D eigenvalue weighted by Gasteiger charge is 2.16. The van der Waals surface area contributed by atoms with Gasteiger partial charge in [-0.15, -0.1) is 0 Å². The number of aromatic nitrogens is 1. The maximum absolute atomic E-state index is 9.27. The van der Waals surface area contributed by atoms with E-state index in [4.69, 9.17) is 34.8 Å². The fourth-order valence-corrected chi connectivity index (χ4v) is 3.09. The van der Waals surface area contributed by atoms with Crippen LogP contribution in [-0.4, -0.2) is 4.98 Å². The van der Waals surface area contributed by atoms with Crippen LogP contribution in [0.4, 0.5) is 0 Å². The third-order valence-electron chi connectivity index (χ3n) is 3.65. The van der Waals surface area contributed by atoms with Crippen LogP contribution in [0.15, 0.2) is 48.5 Å². The minimum Gasteiger partial charge on any atom is -0.234 e. The van der Waals surface area contributed by atoms with Crippen LogP contribution in [0.3, 0.4) is 0 Å². The molecule has 0 aliphatic heterocycles. The number of nitriles is 1. The molecule has 1 aromatic heterocycles. The van der Waals surface area contributed by atoms with Crippen molar-refractivity contribution in [2.24, 2.45) is 0 Å². The van der Waals surface area contributed by atoms with Gasteiger partial charge >= 0.3 is 0 Å². The summed E-state index contributed by atoms with van der Waals surface area (Å²) >= 11 is 18.5. The third-order valence-corrected chi connectivity index (χ3v) is 4.48. The number of rotatable bonds is 2. The van der Waals surface area contributed by atoms with Crippen LogP contribution in [0.1, 0.15) is 11.1 Å². The van der Waals surface area contributed by atoms with Gasteiger partial charge in [-0.25, -0.2) is 4.98 Å². The number of halogens is 3. The van der Waals surface area contributed by atoms with E-state index in [2.05, 4.69) is 11.1 Å². The predicted molar refractivity (Wildman–Crippen MR) is 99.6 cm³/mol. The first-order chi connectivity index (χ1) is 11.5. The zero-order valence-corrected chi connectivity index (χ0v) is 14.9. The van der Waals surface area contributed by atoms with E-state index in [1.165, 1.54) is 0 Å². The Morgan fingerprint density at radius 2 is 1.62 bits per heavy atom. The highest BCUT2D eigenvalue weighted by atomic mass is 35.5. The Bertz CT molecular complexity index is 958. The molecule has 0 radical (unpaired) electrons. The van der Waals surface area contributed by atoms with Gasteiger partial charge in [0.05, 0.1) is 16.3 Å². The molecule has 3 aromatic rings. The van der Waals surface area contributed by atoms with Crippen molar-refractivity contribution < 1.29 is 0 Å². The predicted octanol–water partition coefficient (Wildman–Crippen LogP) is 6.56. The Morgan fingerprint density at radius 3 is 2.25 bits per heavy atom. The molecule has 0 amide bonds. The summed E-state index contributed by atoms with van der Waals surface area (Å²) in [6.45, 7) is 2.02. The summed E-state index contributed by atoms with van der Waals surface area (Å²) in [6, 6.07) is 17.0. The second kappa shape index (κ2) is 6.83. The van der Waals surface area contributed by atoms with Crippen LogP contribution in [0.5, 0.6) is 0 Å². The van der Waals surface area contributed by atoms with Crippen molar-refractivity contribution in [3.63, 3.8) is 0 Å². The molecule has 2 nitrogen and oxygen atoms in total. The van der Waals surface area contributed by atoms with Gasteiger partial charge in [0.1, 0.15) is 11.2 Å². The molecule has 0 aliphatic rings. The highest BCUT2D eigenvalue weighted by Crippen LogP contribution is 2.37. The summed E-state index contributed by atoms with van der Waals surface area (Å²) in [5.74, 6) is 0. The molecule has 24 heavy (non-hydrogen) atoms. The minimum absolute atomic E-state index is 0.148. The zero-order chi connectivity index (χ0) is 17.3. The van der Waals surface area contributed by atoms with Gasteiger partial charge in [-0.3, -0.25) is 0 Å². The van der Waals surface area contributed by atoms with Crippen LogP contribution < -0.4 is 0 Å². The molecule has 0 saturated carbocycles. The van der Waals surface area contributed by atoms with Crippen molar-refractivity contribution in [2.45, 2.75) is 6.92 Å². The largest absolute Gasteiger partial charge is 0.234 e. The fraction of sp³-hybridized carbons (Fsp3) is 0.0526. The molecule has 0 fully saturated rings. The monoisotopic (exact) mass is 372 g/mol. The maximum atomic E-state index is 9.27. The molecule has 3 rings (SSSR count). The van der Waals surface area contributed by atoms with Gasteiger partial charge in [-0.1, -0.05) is 64.6 Å². The Morgan fingerprint density at radius 1 is 0.917 bits per heavy atom. The van der Waals surface area contributed by atoms with Gasteiger partial charge in [-0.2, -0.15) is 5.26 Å². The van der Waals surface area contributed by atoms with Gasteiger partial charge in [0, 0.05) is 16.1 Å². The summed E-state index contributed by atoms with van der Waals surface area (Å²) in [5.41, 5.74) is 4.52. The first kappa shape index (κ1) is 16.8. The lowest BCUT2D eigenvalue weighted by Crippen LogP contribution is -1.94. The van der Waals surface area contributed by atoms with E-state index >= 15 is 0 Å². The second-order valence-corrected chi connectivity index (χ2v) is 6.53. The molecular formula is C19H11Cl3N2. The Labute approximate surface area is 155 Å². The van der Waals surface area contributed by atoms with Crippen LogP contribution in [-0.2, 0) is 0 Å². The molecule has 2 aromatic carbocycles. The lowest BCUT2D eigenvalue weighted by atomic mass is 9.97. The van der Waals surface area contributed by atoms with Crippen molar-refractivity contribution >= 4 is 34.8 Å². The van der Waals surface area contributed by atoms with Crippen LogP contribution in [0.2, 0.25) is 15.2 Å². The number of pyridine rings is 1. The molecule has 0 N–H and O–H groups in total. The lowest BCUT2D eigenvalue weighted by molar-refractivity contribution is 1.30. The topological polar surface area (TPSA) is 36.7 Å².